The highest BCUT2D eigenvalue weighted by molar-refractivity contribution is 14.1. The summed E-state index contributed by atoms with van der Waals surface area (Å²) in [6.07, 6.45) is 0. The Bertz CT molecular complexity index is 1310. The first-order chi connectivity index (χ1) is 16.0. The van der Waals surface area contributed by atoms with Gasteiger partial charge in [-0.15, -0.1) is 0 Å². The van der Waals surface area contributed by atoms with Gasteiger partial charge >= 0.3 is 0 Å². The molecule has 0 fully saturated rings. The lowest BCUT2D eigenvalue weighted by molar-refractivity contribution is 0.101. The molecule has 4 rings (SSSR count). The Balaban J connectivity index is 1.39. The molecule has 0 aliphatic carbocycles. The summed E-state index contributed by atoms with van der Waals surface area (Å²) < 4.78 is 7.92. The van der Waals surface area contributed by atoms with Gasteiger partial charge in [0.1, 0.15) is 11.5 Å². The van der Waals surface area contributed by atoms with E-state index >= 15 is 0 Å². The topological polar surface area (TPSA) is 67.4 Å². The molecule has 2 N–H and O–H groups in total. The molecule has 0 heterocycles. The van der Waals surface area contributed by atoms with Crippen molar-refractivity contribution >= 4 is 68.4 Å². The maximum absolute atomic E-state index is 12.5. The number of halogens is 2. The summed E-state index contributed by atoms with van der Waals surface area (Å²) >= 11 is 4.35. The average Bonchev–Trinajstić information content (AvgIpc) is 2.80. The van der Waals surface area contributed by atoms with Crippen LogP contribution in [0.15, 0.2) is 97.1 Å². The Labute approximate surface area is 218 Å². The van der Waals surface area contributed by atoms with Crippen molar-refractivity contribution in [3.05, 3.63) is 115 Å². The van der Waals surface area contributed by atoms with Crippen molar-refractivity contribution in [3.63, 3.8) is 0 Å². The van der Waals surface area contributed by atoms with Gasteiger partial charge in [-0.2, -0.15) is 0 Å². The summed E-state index contributed by atoms with van der Waals surface area (Å²) in [5.74, 6) is 0.854. The standard InChI is InChI=1S/C26H18I2N2O3/c27-19-6-1-4-17(14-19)25(31)29-21-10-12-23(13-11-21)33-24-9-3-8-22(16-24)30-26(32)18-5-2-7-20(28)15-18/h1-16H,(H,29,31)(H,30,32). The molecule has 0 radical (unpaired) electrons. The van der Waals surface area contributed by atoms with Gasteiger partial charge in [0.2, 0.25) is 0 Å². The van der Waals surface area contributed by atoms with E-state index in [1.54, 1.807) is 42.5 Å². The fourth-order valence-electron chi connectivity index (χ4n) is 3.05. The Kier molecular flexibility index (Phi) is 7.61. The predicted octanol–water partition coefficient (Wildman–Crippen LogP) is 7.19. The molecule has 33 heavy (non-hydrogen) atoms. The number of hydrogen-bond donors (Lipinski definition) is 2. The van der Waals surface area contributed by atoms with Crippen LogP contribution in [0, 0.1) is 7.14 Å². The third kappa shape index (κ3) is 6.55. The second-order valence-corrected chi connectivity index (χ2v) is 9.57. The molecule has 0 aliphatic heterocycles. The van der Waals surface area contributed by atoms with Crippen molar-refractivity contribution in [2.75, 3.05) is 10.6 Å². The molecular formula is C26H18I2N2O3. The largest absolute Gasteiger partial charge is 0.457 e. The summed E-state index contributed by atoms with van der Waals surface area (Å²) in [4.78, 5) is 24.9. The highest BCUT2D eigenvalue weighted by Gasteiger charge is 2.09. The maximum Gasteiger partial charge on any atom is 0.255 e. The van der Waals surface area contributed by atoms with Gasteiger partial charge in [-0.25, -0.2) is 0 Å². The van der Waals surface area contributed by atoms with Gasteiger partial charge in [0.25, 0.3) is 11.8 Å². The van der Waals surface area contributed by atoms with Crippen LogP contribution >= 0.6 is 45.2 Å². The summed E-state index contributed by atoms with van der Waals surface area (Å²) in [7, 11) is 0. The van der Waals surface area contributed by atoms with Crippen LogP contribution in [0.3, 0.4) is 0 Å². The van der Waals surface area contributed by atoms with Gasteiger partial charge in [0.15, 0.2) is 0 Å². The van der Waals surface area contributed by atoms with Gasteiger partial charge in [0.05, 0.1) is 0 Å². The van der Waals surface area contributed by atoms with Crippen LogP contribution in [0.1, 0.15) is 20.7 Å². The van der Waals surface area contributed by atoms with Crippen LogP contribution < -0.4 is 15.4 Å². The minimum atomic E-state index is -0.182. The Morgan fingerprint density at radius 1 is 0.576 bits per heavy atom. The molecule has 0 aromatic heterocycles. The van der Waals surface area contributed by atoms with E-state index in [9.17, 15) is 9.59 Å². The lowest BCUT2D eigenvalue weighted by Crippen LogP contribution is -2.12. The molecule has 0 atom stereocenters. The van der Waals surface area contributed by atoms with E-state index in [0.29, 0.717) is 34.0 Å². The molecule has 0 saturated carbocycles. The summed E-state index contributed by atoms with van der Waals surface area (Å²) in [5, 5.41) is 5.77. The van der Waals surface area contributed by atoms with Crippen molar-refractivity contribution in [1.82, 2.24) is 0 Å². The van der Waals surface area contributed by atoms with Crippen molar-refractivity contribution in [2.45, 2.75) is 0 Å². The molecule has 0 unspecified atom stereocenters. The van der Waals surface area contributed by atoms with Gasteiger partial charge in [-0.3, -0.25) is 9.59 Å². The minimum Gasteiger partial charge on any atom is -0.457 e. The average molecular weight is 660 g/mol. The summed E-state index contributed by atoms with van der Waals surface area (Å²) in [6.45, 7) is 0. The molecule has 7 heteroatoms. The van der Waals surface area contributed by atoms with Crippen LogP contribution in [0.4, 0.5) is 11.4 Å². The highest BCUT2D eigenvalue weighted by atomic mass is 127. The Morgan fingerprint density at radius 3 is 1.70 bits per heavy atom. The number of ether oxygens (including phenoxy) is 1. The molecule has 4 aromatic carbocycles. The first-order valence-electron chi connectivity index (χ1n) is 9.98. The second kappa shape index (κ2) is 10.8. The Hall–Kier alpha value is -2.92. The van der Waals surface area contributed by atoms with E-state index in [4.69, 9.17) is 4.74 Å². The molecule has 0 bridgehead atoms. The normalized spacial score (nSPS) is 10.4. The number of carbonyl (C=O) groups excluding carboxylic acids is 2. The lowest BCUT2D eigenvalue weighted by atomic mass is 10.2. The van der Waals surface area contributed by atoms with Crippen molar-refractivity contribution in [1.29, 1.82) is 0 Å². The van der Waals surface area contributed by atoms with E-state index in [2.05, 4.69) is 55.8 Å². The van der Waals surface area contributed by atoms with E-state index in [1.807, 2.05) is 54.6 Å². The highest BCUT2D eigenvalue weighted by Crippen LogP contribution is 2.26. The quantitative estimate of drug-likeness (QED) is 0.215. The fourth-order valence-corrected chi connectivity index (χ4v) is 4.13. The zero-order valence-corrected chi connectivity index (χ0v) is 21.5. The van der Waals surface area contributed by atoms with Gasteiger partial charge in [-0.1, -0.05) is 18.2 Å². The van der Waals surface area contributed by atoms with Crippen LogP contribution in [-0.4, -0.2) is 11.8 Å². The summed E-state index contributed by atoms with van der Waals surface area (Å²) in [6, 6.07) is 29.1. The van der Waals surface area contributed by atoms with Crippen molar-refractivity contribution < 1.29 is 14.3 Å². The van der Waals surface area contributed by atoms with Gasteiger partial charge in [0, 0.05) is 35.7 Å². The van der Waals surface area contributed by atoms with E-state index in [-0.39, 0.29) is 11.8 Å². The number of benzene rings is 4. The number of nitrogens with one attached hydrogen (secondary N) is 2. The third-order valence-electron chi connectivity index (χ3n) is 4.61. The van der Waals surface area contributed by atoms with Gasteiger partial charge < -0.3 is 15.4 Å². The van der Waals surface area contributed by atoms with E-state index < -0.39 is 0 Å². The first-order valence-corrected chi connectivity index (χ1v) is 12.1. The number of rotatable bonds is 6. The smallest absolute Gasteiger partial charge is 0.255 e. The van der Waals surface area contributed by atoms with Crippen LogP contribution in [0.2, 0.25) is 0 Å². The first kappa shape index (κ1) is 23.2. The molecular weight excluding hydrogens is 642 g/mol. The van der Waals surface area contributed by atoms with Crippen LogP contribution in [0.25, 0.3) is 0 Å². The van der Waals surface area contributed by atoms with Crippen LogP contribution in [0.5, 0.6) is 11.5 Å². The number of carbonyl (C=O) groups is 2. The molecule has 0 spiro atoms. The van der Waals surface area contributed by atoms with Gasteiger partial charge in [-0.05, 0) is 118 Å². The monoisotopic (exact) mass is 660 g/mol. The van der Waals surface area contributed by atoms with E-state index in [1.165, 1.54) is 0 Å². The number of anilines is 2. The fraction of sp³-hybridized carbons (Fsp3) is 0. The second-order valence-electron chi connectivity index (χ2n) is 7.08. The van der Waals surface area contributed by atoms with Crippen molar-refractivity contribution in [2.24, 2.45) is 0 Å². The number of amides is 2. The predicted molar refractivity (Wildman–Crippen MR) is 147 cm³/mol. The van der Waals surface area contributed by atoms with E-state index in [0.717, 1.165) is 7.14 Å². The SMILES string of the molecule is O=C(Nc1ccc(Oc2cccc(NC(=O)c3cccc(I)c3)c2)cc1)c1cccc(I)c1. The van der Waals surface area contributed by atoms with Crippen molar-refractivity contribution in [3.8, 4) is 11.5 Å². The molecule has 5 nitrogen and oxygen atoms in total. The van der Waals surface area contributed by atoms with Crippen LogP contribution in [-0.2, 0) is 0 Å². The molecule has 164 valence electrons. The number of hydrogen-bond acceptors (Lipinski definition) is 3. The molecule has 4 aromatic rings. The summed E-state index contributed by atoms with van der Waals surface area (Å²) in [5.41, 5.74) is 2.50. The lowest BCUT2D eigenvalue weighted by Gasteiger charge is -2.10. The zero-order chi connectivity index (χ0) is 23.2. The molecule has 0 aliphatic rings. The minimum absolute atomic E-state index is 0.168. The maximum atomic E-state index is 12.5. The molecule has 2 amide bonds. The zero-order valence-electron chi connectivity index (χ0n) is 17.2. The third-order valence-corrected chi connectivity index (χ3v) is 5.96. The Morgan fingerprint density at radius 2 is 1.12 bits per heavy atom. The molecule has 0 saturated heterocycles.